The summed E-state index contributed by atoms with van der Waals surface area (Å²) in [6, 6.07) is 56.1. The van der Waals surface area contributed by atoms with Crippen LogP contribution in [-0.4, -0.2) is 9.55 Å². The summed E-state index contributed by atoms with van der Waals surface area (Å²) in [6.45, 7) is 35.0. The fourth-order valence-electron chi connectivity index (χ4n) is 11.0. The Morgan fingerprint density at radius 1 is 0.608 bits per heavy atom. The van der Waals surface area contributed by atoms with Gasteiger partial charge in [-0.1, -0.05) is 155 Å². The molecule has 0 saturated heterocycles. The minimum absolute atomic E-state index is 0. The van der Waals surface area contributed by atoms with E-state index < -0.39 is 0 Å². The normalized spacial score (nSPS) is 12.9. The summed E-state index contributed by atoms with van der Waals surface area (Å²) >= 11 is 0. The number of pyridine rings is 1. The second-order valence-corrected chi connectivity index (χ2v) is 23.4. The molecule has 74 heavy (non-hydrogen) atoms. The number of aromatic nitrogens is 2. The molecule has 0 radical (unpaired) electrons. The molecule has 1 aliphatic heterocycles. The van der Waals surface area contributed by atoms with E-state index in [1.165, 1.54) is 66.6 Å². The Morgan fingerprint density at radius 2 is 1.26 bits per heavy atom. The van der Waals surface area contributed by atoms with Crippen LogP contribution in [0.3, 0.4) is 0 Å². The molecule has 9 aromatic rings. The van der Waals surface area contributed by atoms with Crippen LogP contribution in [0.25, 0.3) is 49.9 Å². The van der Waals surface area contributed by atoms with Crippen LogP contribution in [0.4, 0.5) is 17.1 Å². The molecule has 382 valence electrons. The van der Waals surface area contributed by atoms with Gasteiger partial charge in [-0.3, -0.25) is 0 Å². The molecule has 3 heterocycles. The molecule has 10 rings (SSSR count). The molecular formula is C68H71N4OPt-3. The van der Waals surface area contributed by atoms with E-state index in [0.29, 0.717) is 29.3 Å². The number of ether oxygens (including phenoxy) is 1. The Balaban J connectivity index is 0.00000672. The van der Waals surface area contributed by atoms with Gasteiger partial charge in [-0.05, 0) is 151 Å². The second-order valence-electron chi connectivity index (χ2n) is 23.4. The molecule has 0 unspecified atom stereocenters. The SMILES string of the molecule is Cc1cc(C(C)(C)C)cc(C)c1-c1ccnc(-n2c3[c-]c(Oc4[c-]c(N5[CH-]N(Cc6cccc(-c7c(C(C)C)cc(C(C)C)cc7C(C)C)c6)c6ccccc65)ccc4)ccc3c3c(C(C)(C)C)cccc32)c1.[Pt]. The Morgan fingerprint density at radius 3 is 1.92 bits per heavy atom. The fourth-order valence-corrected chi connectivity index (χ4v) is 11.0. The molecule has 7 aromatic carbocycles. The average Bonchev–Trinajstić information content (AvgIpc) is 3.88. The van der Waals surface area contributed by atoms with Crippen molar-refractivity contribution in [2.75, 3.05) is 9.80 Å². The van der Waals surface area contributed by atoms with E-state index in [9.17, 15) is 0 Å². The van der Waals surface area contributed by atoms with Gasteiger partial charge in [0.1, 0.15) is 5.82 Å². The average molecular weight is 1160 g/mol. The summed E-state index contributed by atoms with van der Waals surface area (Å²) in [4.78, 5) is 9.64. The van der Waals surface area contributed by atoms with E-state index in [1.54, 1.807) is 0 Å². The molecule has 6 heteroatoms. The van der Waals surface area contributed by atoms with Crippen LogP contribution in [0.1, 0.15) is 145 Å². The maximum atomic E-state index is 6.77. The Labute approximate surface area is 455 Å². The third-order valence-corrected chi connectivity index (χ3v) is 14.8. The predicted molar refractivity (Wildman–Crippen MR) is 308 cm³/mol. The van der Waals surface area contributed by atoms with Crippen LogP contribution >= 0.6 is 0 Å². The second kappa shape index (κ2) is 20.4. The third-order valence-electron chi connectivity index (χ3n) is 14.8. The number of anilines is 3. The Kier molecular flexibility index (Phi) is 14.4. The first-order valence-corrected chi connectivity index (χ1v) is 26.3. The number of rotatable bonds is 11. The quantitative estimate of drug-likeness (QED) is 0.121. The van der Waals surface area contributed by atoms with Crippen molar-refractivity contribution in [3.63, 3.8) is 0 Å². The van der Waals surface area contributed by atoms with Crippen LogP contribution in [-0.2, 0) is 38.4 Å². The Hall–Kier alpha value is -6.42. The van der Waals surface area contributed by atoms with E-state index in [-0.39, 0.29) is 31.9 Å². The standard InChI is InChI=1S/C68H71N4O.Pt/c1-42(2)50-35-56(43(3)4)65(57(36-50)44(5)6)48-21-17-20-47(34-48)40-70-41-71(60-26-16-15-25-59(60)70)52-22-18-23-53(38-52)73-54-28-29-55-62(39-54)72(61-27-19-24-58(66(55)61)68(12,13)14)63-37-49(30-31-69-63)64-45(7)32-51(33-46(64)8)67(9,10)11;/h15-37,41-44H,40H2,1-14H3;/q-3;. The van der Waals surface area contributed by atoms with Crippen LogP contribution < -0.4 is 14.5 Å². The van der Waals surface area contributed by atoms with Crippen molar-refractivity contribution in [2.24, 2.45) is 0 Å². The maximum Gasteiger partial charge on any atom is 0.136 e. The molecule has 0 aliphatic carbocycles. The zero-order valence-corrected chi connectivity index (χ0v) is 48.1. The molecule has 1 aliphatic rings. The van der Waals surface area contributed by atoms with E-state index >= 15 is 0 Å². The van der Waals surface area contributed by atoms with E-state index in [2.05, 4.69) is 245 Å². The number of aryl methyl sites for hydroxylation is 2. The molecule has 2 aromatic heterocycles. The molecule has 0 N–H and O–H groups in total. The van der Waals surface area contributed by atoms with Crippen LogP contribution in [0, 0.1) is 32.6 Å². The molecular weight excluding hydrogens is 1080 g/mol. The summed E-state index contributed by atoms with van der Waals surface area (Å²) < 4.78 is 9.04. The van der Waals surface area contributed by atoms with Gasteiger partial charge >= 0.3 is 0 Å². The van der Waals surface area contributed by atoms with E-state index in [0.717, 1.165) is 51.4 Å². The first kappa shape index (κ1) is 52.4. The minimum Gasteiger partial charge on any atom is -0.509 e. The monoisotopic (exact) mass is 1150 g/mol. The van der Waals surface area contributed by atoms with Crippen LogP contribution in [0.5, 0.6) is 11.5 Å². The number of para-hydroxylation sites is 2. The van der Waals surface area contributed by atoms with Crippen molar-refractivity contribution in [1.82, 2.24) is 9.55 Å². The largest absolute Gasteiger partial charge is 0.509 e. The molecule has 0 bridgehead atoms. The van der Waals surface area contributed by atoms with Crippen molar-refractivity contribution >= 4 is 38.9 Å². The van der Waals surface area contributed by atoms with Gasteiger partial charge in [-0.15, -0.1) is 41.4 Å². The number of fused-ring (bicyclic) bond motifs is 4. The van der Waals surface area contributed by atoms with E-state index in [1.807, 2.05) is 24.4 Å². The molecule has 5 nitrogen and oxygen atoms in total. The zero-order chi connectivity index (χ0) is 51.7. The predicted octanol–water partition coefficient (Wildman–Crippen LogP) is 18.8. The van der Waals surface area contributed by atoms with Gasteiger partial charge in [-0.25, -0.2) is 4.98 Å². The summed E-state index contributed by atoms with van der Waals surface area (Å²) in [5.41, 5.74) is 20.8. The van der Waals surface area contributed by atoms with Gasteiger partial charge < -0.3 is 19.1 Å². The van der Waals surface area contributed by atoms with Crippen molar-refractivity contribution in [3.8, 4) is 39.6 Å². The zero-order valence-electron chi connectivity index (χ0n) is 45.8. The van der Waals surface area contributed by atoms with Crippen molar-refractivity contribution in [2.45, 2.75) is 132 Å². The number of benzene rings is 7. The Bertz CT molecular complexity index is 3490. The molecule has 0 amide bonds. The van der Waals surface area contributed by atoms with Gasteiger partial charge in [0.05, 0.1) is 0 Å². The van der Waals surface area contributed by atoms with Crippen molar-refractivity contribution < 1.29 is 25.8 Å². The first-order valence-electron chi connectivity index (χ1n) is 26.3. The summed E-state index contributed by atoms with van der Waals surface area (Å²) in [5.74, 6) is 3.34. The van der Waals surface area contributed by atoms with Crippen LogP contribution in [0.2, 0.25) is 0 Å². The minimum atomic E-state index is -0.0958. The van der Waals surface area contributed by atoms with Gasteiger partial charge in [-0.2, -0.15) is 18.8 Å². The fraction of sp³-hybridized carbons (Fsp3) is 0.294. The van der Waals surface area contributed by atoms with E-state index in [4.69, 9.17) is 9.72 Å². The maximum absolute atomic E-state index is 6.77. The third kappa shape index (κ3) is 9.98. The van der Waals surface area contributed by atoms with Gasteiger partial charge in [0.25, 0.3) is 0 Å². The van der Waals surface area contributed by atoms with Gasteiger partial charge in [0, 0.05) is 62.2 Å². The molecule has 0 fully saturated rings. The van der Waals surface area contributed by atoms with Crippen molar-refractivity contribution in [3.05, 3.63) is 203 Å². The summed E-state index contributed by atoms with van der Waals surface area (Å²) in [7, 11) is 0. The number of nitrogens with zero attached hydrogens (tertiary/aromatic N) is 4. The molecule has 0 spiro atoms. The topological polar surface area (TPSA) is 33.5 Å². The molecule has 0 atom stereocenters. The van der Waals surface area contributed by atoms with Gasteiger partial charge in [0.2, 0.25) is 0 Å². The van der Waals surface area contributed by atoms with Gasteiger partial charge in [0.15, 0.2) is 0 Å². The summed E-state index contributed by atoms with van der Waals surface area (Å²) in [5, 5.41) is 2.31. The smallest absolute Gasteiger partial charge is 0.136 e. The van der Waals surface area contributed by atoms with Crippen molar-refractivity contribution in [1.29, 1.82) is 0 Å². The molecule has 0 saturated carbocycles. The number of hydrogen-bond acceptors (Lipinski definition) is 4. The van der Waals surface area contributed by atoms with Crippen LogP contribution in [0.15, 0.2) is 140 Å². The first-order chi connectivity index (χ1) is 34.7. The number of hydrogen-bond donors (Lipinski definition) is 0. The summed E-state index contributed by atoms with van der Waals surface area (Å²) in [6.07, 6.45) is 1.94.